The zero-order valence-corrected chi connectivity index (χ0v) is 16.3. The van der Waals surface area contributed by atoms with E-state index >= 15 is 0 Å². The van der Waals surface area contributed by atoms with Crippen molar-refractivity contribution in [3.8, 4) is 11.1 Å². The van der Waals surface area contributed by atoms with Crippen molar-refractivity contribution in [2.24, 2.45) is 0 Å². The molecule has 0 saturated heterocycles. The molecule has 2 N–H and O–H groups in total. The number of carbonyl (C=O) groups excluding carboxylic acids is 1. The zero-order chi connectivity index (χ0) is 19.6. The molecule has 1 aliphatic heterocycles. The Kier molecular flexibility index (Phi) is 5.82. The molecule has 0 saturated carbocycles. The molecule has 2 aromatic rings. The Morgan fingerprint density at radius 2 is 1.96 bits per heavy atom. The predicted molar refractivity (Wildman–Crippen MR) is 107 cm³/mol. The maximum absolute atomic E-state index is 14.1. The van der Waals surface area contributed by atoms with Crippen molar-refractivity contribution >= 4 is 23.2 Å². The van der Waals surface area contributed by atoms with Gasteiger partial charge in [-0.05, 0) is 50.6 Å². The summed E-state index contributed by atoms with van der Waals surface area (Å²) in [5, 5.41) is 12.7. The number of nitrogens with zero attached hydrogens (tertiary/aromatic N) is 2. The Hall–Kier alpha value is -2.38. The minimum Gasteiger partial charge on any atom is -0.395 e. The number of carbonyl (C=O) groups is 1. The molecule has 1 atom stereocenters. The molecule has 1 aromatic carbocycles. The highest BCUT2D eigenvalue weighted by Crippen LogP contribution is 2.38. The van der Waals surface area contributed by atoms with E-state index < -0.39 is 5.95 Å². The van der Waals surface area contributed by atoms with Crippen molar-refractivity contribution in [3.63, 3.8) is 0 Å². The number of anilines is 1. The number of β-amino-alcohol motifs (C(OH)–C–C–N with tert-alkyl or cyclic N) is 1. The number of aliphatic hydroxyl groups excluding tert-OH is 1. The summed E-state index contributed by atoms with van der Waals surface area (Å²) in [6.07, 6.45) is 0. The maximum atomic E-state index is 14.1. The third kappa shape index (κ3) is 4.14. The number of benzene rings is 1. The van der Waals surface area contributed by atoms with Gasteiger partial charge in [0, 0.05) is 29.2 Å². The van der Waals surface area contributed by atoms with Crippen LogP contribution in [0, 0.1) is 12.9 Å². The Morgan fingerprint density at radius 1 is 1.26 bits per heavy atom. The normalized spacial score (nSPS) is 16.8. The average Bonchev–Trinajstić information content (AvgIpc) is 2.93. The lowest BCUT2D eigenvalue weighted by Crippen LogP contribution is -2.35. The fraction of sp³-hybridized carbons (Fsp3) is 0.300. The van der Waals surface area contributed by atoms with Gasteiger partial charge in [-0.1, -0.05) is 23.9 Å². The molecule has 1 unspecified atom stereocenters. The van der Waals surface area contributed by atoms with Crippen molar-refractivity contribution in [1.29, 1.82) is 0 Å². The summed E-state index contributed by atoms with van der Waals surface area (Å²) < 4.78 is 14.1. The first-order chi connectivity index (χ1) is 12.9. The van der Waals surface area contributed by atoms with Crippen molar-refractivity contribution in [2.45, 2.75) is 26.3 Å². The van der Waals surface area contributed by atoms with E-state index in [0.29, 0.717) is 22.7 Å². The van der Waals surface area contributed by atoms with E-state index in [2.05, 4.69) is 10.3 Å². The molecular weight excluding hydrogens is 365 g/mol. The number of Topliss-reactive ketones (excluding diaryl/α,β-unsaturated/α-hetero) is 1. The number of aliphatic hydroxyl groups is 1. The molecule has 1 aromatic heterocycles. The van der Waals surface area contributed by atoms with Gasteiger partial charge >= 0.3 is 0 Å². The van der Waals surface area contributed by atoms with E-state index in [1.54, 1.807) is 26.0 Å². The zero-order valence-electron chi connectivity index (χ0n) is 15.5. The first-order valence-electron chi connectivity index (χ1n) is 8.67. The number of hydrogen-bond donors (Lipinski definition) is 2. The van der Waals surface area contributed by atoms with Crippen LogP contribution in [0.15, 0.2) is 47.0 Å². The van der Waals surface area contributed by atoms with E-state index in [1.165, 1.54) is 11.8 Å². The largest absolute Gasteiger partial charge is 0.395 e. The van der Waals surface area contributed by atoms with Crippen LogP contribution < -0.4 is 5.32 Å². The number of thioether (sulfide) groups is 1. The number of nitrogens with one attached hydrogen (secondary N) is 1. The van der Waals surface area contributed by atoms with Gasteiger partial charge in [-0.15, -0.1) is 0 Å². The highest BCUT2D eigenvalue weighted by Gasteiger charge is 2.31. The lowest BCUT2D eigenvalue weighted by atomic mass is 10.1. The SMILES string of the molecule is CC(=O)C1=C(C)N(CCO)C(Nc2ccc(-c3ccc(C)nc3F)cc2)S1. The van der Waals surface area contributed by atoms with Crippen LogP contribution in [-0.4, -0.2) is 39.4 Å². The number of aromatic nitrogens is 1. The summed E-state index contributed by atoms with van der Waals surface area (Å²) in [6.45, 7) is 5.62. The molecule has 27 heavy (non-hydrogen) atoms. The fourth-order valence-electron chi connectivity index (χ4n) is 3.03. The van der Waals surface area contributed by atoms with Crippen molar-refractivity contribution in [1.82, 2.24) is 9.88 Å². The lowest BCUT2D eigenvalue weighted by molar-refractivity contribution is -0.113. The number of allylic oxidation sites excluding steroid dienone is 2. The van der Waals surface area contributed by atoms with E-state index in [4.69, 9.17) is 0 Å². The number of aryl methyl sites for hydroxylation is 1. The van der Waals surface area contributed by atoms with Crippen molar-refractivity contribution in [3.05, 3.63) is 58.6 Å². The van der Waals surface area contributed by atoms with Crippen LogP contribution in [0.4, 0.5) is 10.1 Å². The third-order valence-electron chi connectivity index (χ3n) is 4.41. The summed E-state index contributed by atoms with van der Waals surface area (Å²) in [4.78, 5) is 18.4. The maximum Gasteiger partial charge on any atom is 0.220 e. The van der Waals surface area contributed by atoms with Gasteiger partial charge in [0.1, 0.15) is 0 Å². The molecular formula is C20H22FN3O2S. The van der Waals surface area contributed by atoms with Gasteiger partial charge in [0.25, 0.3) is 0 Å². The molecule has 0 fully saturated rings. The summed E-state index contributed by atoms with van der Waals surface area (Å²) in [5.74, 6) is -0.468. The molecule has 0 aliphatic carbocycles. The molecule has 2 heterocycles. The Morgan fingerprint density at radius 3 is 2.56 bits per heavy atom. The second-order valence-corrected chi connectivity index (χ2v) is 7.46. The topological polar surface area (TPSA) is 65.5 Å². The van der Waals surface area contributed by atoms with E-state index in [-0.39, 0.29) is 17.9 Å². The monoisotopic (exact) mass is 387 g/mol. The van der Waals surface area contributed by atoms with Gasteiger partial charge in [0.05, 0.1) is 11.5 Å². The van der Waals surface area contributed by atoms with Crippen LogP contribution in [0.5, 0.6) is 0 Å². The van der Waals surface area contributed by atoms with Crippen LogP contribution >= 0.6 is 11.8 Å². The smallest absolute Gasteiger partial charge is 0.220 e. The van der Waals surface area contributed by atoms with Crippen LogP contribution in [0.2, 0.25) is 0 Å². The number of ketones is 1. The lowest BCUT2D eigenvalue weighted by Gasteiger charge is -2.28. The summed E-state index contributed by atoms with van der Waals surface area (Å²) in [5.41, 5.74) is 3.37. The summed E-state index contributed by atoms with van der Waals surface area (Å²) >= 11 is 1.44. The third-order valence-corrected chi connectivity index (χ3v) is 5.82. The van der Waals surface area contributed by atoms with Crippen LogP contribution in [0.25, 0.3) is 11.1 Å². The second-order valence-electron chi connectivity index (χ2n) is 6.37. The Labute approximate surface area is 162 Å². The predicted octanol–water partition coefficient (Wildman–Crippen LogP) is 3.75. The molecule has 0 radical (unpaired) electrons. The highest BCUT2D eigenvalue weighted by molar-refractivity contribution is 8.04. The number of rotatable bonds is 6. The van der Waals surface area contributed by atoms with E-state index in [0.717, 1.165) is 16.9 Å². The summed E-state index contributed by atoms with van der Waals surface area (Å²) in [6, 6.07) is 10.9. The van der Waals surface area contributed by atoms with Gasteiger partial charge in [0.15, 0.2) is 11.3 Å². The molecule has 142 valence electrons. The molecule has 5 nitrogen and oxygen atoms in total. The number of hydrogen-bond acceptors (Lipinski definition) is 6. The molecule has 0 amide bonds. The van der Waals surface area contributed by atoms with Gasteiger partial charge in [-0.2, -0.15) is 4.39 Å². The first-order valence-corrected chi connectivity index (χ1v) is 9.54. The molecule has 0 bridgehead atoms. The van der Waals surface area contributed by atoms with Crippen molar-refractivity contribution < 1.29 is 14.3 Å². The van der Waals surface area contributed by atoms with Crippen LogP contribution in [0.1, 0.15) is 19.5 Å². The second kappa shape index (κ2) is 8.10. The minimum atomic E-state index is -0.484. The van der Waals surface area contributed by atoms with Gasteiger partial charge in [0.2, 0.25) is 5.95 Å². The average molecular weight is 387 g/mol. The molecule has 0 spiro atoms. The van der Waals surface area contributed by atoms with Crippen molar-refractivity contribution in [2.75, 3.05) is 18.5 Å². The van der Waals surface area contributed by atoms with E-state index in [1.807, 2.05) is 36.1 Å². The standard InChI is InChI=1S/C20H22FN3O2S/c1-12-4-9-17(19(21)22-12)15-5-7-16(8-6-15)23-20-24(10-11-25)13(2)18(27-20)14(3)26/h4-9,20,23,25H,10-11H2,1-3H3. The van der Waals surface area contributed by atoms with Gasteiger partial charge in [-0.25, -0.2) is 4.98 Å². The minimum absolute atomic E-state index is 0.0000959. The Bertz CT molecular complexity index is 883. The van der Waals surface area contributed by atoms with E-state index in [9.17, 15) is 14.3 Å². The highest BCUT2D eigenvalue weighted by atomic mass is 32.2. The fourth-order valence-corrected chi connectivity index (χ4v) is 4.30. The summed E-state index contributed by atoms with van der Waals surface area (Å²) in [7, 11) is 0. The van der Waals surface area contributed by atoms with Gasteiger partial charge in [-0.3, -0.25) is 4.79 Å². The molecule has 3 rings (SSSR count). The van der Waals surface area contributed by atoms with Crippen LogP contribution in [-0.2, 0) is 4.79 Å². The Balaban J connectivity index is 1.77. The van der Waals surface area contributed by atoms with Crippen LogP contribution in [0.3, 0.4) is 0 Å². The molecule has 1 aliphatic rings. The number of halogens is 1. The quantitative estimate of drug-likeness (QED) is 0.736. The molecule has 7 heteroatoms. The van der Waals surface area contributed by atoms with Gasteiger partial charge < -0.3 is 15.3 Å². The first kappa shape index (κ1) is 19.4. The number of pyridine rings is 1.